The van der Waals surface area contributed by atoms with E-state index in [-0.39, 0.29) is 12.1 Å². The molecular formula is C13H18N2O. The molecule has 1 amide bonds. The Labute approximate surface area is 96.2 Å². The Hall–Kier alpha value is -1.51. The molecule has 1 atom stereocenters. The largest absolute Gasteiger partial charge is 0.365 e. The summed E-state index contributed by atoms with van der Waals surface area (Å²) in [5.74, 6) is 0.591. The second-order valence-electron chi connectivity index (χ2n) is 4.85. The van der Waals surface area contributed by atoms with Crippen molar-refractivity contribution in [1.82, 2.24) is 5.32 Å². The Morgan fingerprint density at radius 1 is 1.31 bits per heavy atom. The smallest absolute Gasteiger partial charge is 0.254 e. The van der Waals surface area contributed by atoms with Crippen molar-refractivity contribution in [3.8, 4) is 0 Å². The van der Waals surface area contributed by atoms with Crippen molar-refractivity contribution in [2.45, 2.75) is 33.4 Å². The number of benzene rings is 1. The van der Waals surface area contributed by atoms with Crippen molar-refractivity contribution >= 4 is 11.6 Å². The molecule has 0 spiro atoms. The zero-order chi connectivity index (χ0) is 11.7. The number of aryl methyl sites for hydroxylation is 1. The van der Waals surface area contributed by atoms with Gasteiger partial charge in [-0.2, -0.15) is 0 Å². The summed E-state index contributed by atoms with van der Waals surface area (Å²) in [4.78, 5) is 11.9. The molecule has 0 aliphatic carbocycles. The molecule has 0 unspecified atom stereocenters. The topological polar surface area (TPSA) is 41.1 Å². The standard InChI is InChI=1S/C13H18N2O/c1-8(2)6-12-14-11-5-4-9(3)7-10(11)13(16)15-12/h4-5,7-8,12,14H,6H2,1-3H3,(H,15,16)/t12-/m1/s1. The predicted molar refractivity (Wildman–Crippen MR) is 65.5 cm³/mol. The van der Waals surface area contributed by atoms with Crippen LogP contribution >= 0.6 is 0 Å². The highest BCUT2D eigenvalue weighted by atomic mass is 16.2. The number of carbonyl (C=O) groups excluding carboxylic acids is 1. The van der Waals surface area contributed by atoms with E-state index in [0.29, 0.717) is 5.92 Å². The zero-order valence-electron chi connectivity index (χ0n) is 10.0. The lowest BCUT2D eigenvalue weighted by Crippen LogP contribution is -2.45. The van der Waals surface area contributed by atoms with Crippen LogP contribution in [0.2, 0.25) is 0 Å². The molecule has 1 aromatic rings. The normalized spacial score (nSPS) is 19.0. The van der Waals surface area contributed by atoms with Crippen LogP contribution in [0.3, 0.4) is 0 Å². The summed E-state index contributed by atoms with van der Waals surface area (Å²) >= 11 is 0. The van der Waals surface area contributed by atoms with E-state index in [4.69, 9.17) is 0 Å². The van der Waals surface area contributed by atoms with Crippen molar-refractivity contribution in [3.05, 3.63) is 29.3 Å². The van der Waals surface area contributed by atoms with Crippen LogP contribution in [0.4, 0.5) is 5.69 Å². The van der Waals surface area contributed by atoms with Crippen molar-refractivity contribution in [2.24, 2.45) is 5.92 Å². The Kier molecular flexibility index (Phi) is 2.86. The summed E-state index contributed by atoms with van der Waals surface area (Å²) < 4.78 is 0. The second-order valence-corrected chi connectivity index (χ2v) is 4.85. The molecule has 0 radical (unpaired) electrons. The minimum atomic E-state index is 0.0306. The Morgan fingerprint density at radius 2 is 2.06 bits per heavy atom. The molecule has 3 nitrogen and oxygen atoms in total. The van der Waals surface area contributed by atoms with Crippen molar-refractivity contribution in [1.29, 1.82) is 0 Å². The summed E-state index contributed by atoms with van der Waals surface area (Å²) in [5.41, 5.74) is 2.80. The van der Waals surface area contributed by atoms with E-state index in [9.17, 15) is 4.79 Å². The molecule has 0 saturated heterocycles. The molecule has 0 aromatic heterocycles. The van der Waals surface area contributed by atoms with Crippen LogP contribution in [0.5, 0.6) is 0 Å². The minimum absolute atomic E-state index is 0.0306. The van der Waals surface area contributed by atoms with E-state index in [1.165, 1.54) is 0 Å². The molecule has 16 heavy (non-hydrogen) atoms. The van der Waals surface area contributed by atoms with E-state index in [0.717, 1.165) is 23.2 Å². The van der Waals surface area contributed by atoms with Crippen molar-refractivity contribution in [2.75, 3.05) is 5.32 Å². The van der Waals surface area contributed by atoms with Gasteiger partial charge in [-0.15, -0.1) is 0 Å². The number of fused-ring (bicyclic) bond motifs is 1. The van der Waals surface area contributed by atoms with E-state index in [2.05, 4.69) is 24.5 Å². The first-order valence-corrected chi connectivity index (χ1v) is 5.74. The summed E-state index contributed by atoms with van der Waals surface area (Å²) in [6, 6.07) is 5.93. The van der Waals surface area contributed by atoms with Gasteiger partial charge in [0.25, 0.3) is 5.91 Å². The van der Waals surface area contributed by atoms with Gasteiger partial charge in [0.15, 0.2) is 0 Å². The molecule has 2 N–H and O–H groups in total. The maximum atomic E-state index is 11.9. The van der Waals surface area contributed by atoms with Gasteiger partial charge >= 0.3 is 0 Å². The van der Waals surface area contributed by atoms with Gasteiger partial charge in [0.2, 0.25) is 0 Å². The first-order chi connectivity index (χ1) is 7.56. The van der Waals surface area contributed by atoms with Crippen LogP contribution in [0.25, 0.3) is 0 Å². The highest BCUT2D eigenvalue weighted by molar-refractivity contribution is 6.01. The van der Waals surface area contributed by atoms with Crippen LogP contribution in [0.15, 0.2) is 18.2 Å². The minimum Gasteiger partial charge on any atom is -0.365 e. The van der Waals surface area contributed by atoms with E-state index in [1.54, 1.807) is 0 Å². The number of hydrogen-bond acceptors (Lipinski definition) is 2. The number of nitrogens with one attached hydrogen (secondary N) is 2. The Bertz CT molecular complexity index is 412. The molecule has 1 heterocycles. The summed E-state index contributed by atoms with van der Waals surface area (Å²) in [6.45, 7) is 6.30. The number of amides is 1. The summed E-state index contributed by atoms with van der Waals surface area (Å²) in [6.07, 6.45) is 1.00. The molecule has 86 valence electrons. The fraction of sp³-hybridized carbons (Fsp3) is 0.462. The van der Waals surface area contributed by atoms with Gasteiger partial charge in [0, 0.05) is 5.69 Å². The molecule has 1 aliphatic rings. The average Bonchev–Trinajstić information content (AvgIpc) is 2.18. The molecule has 0 fully saturated rings. The van der Waals surface area contributed by atoms with E-state index >= 15 is 0 Å². The van der Waals surface area contributed by atoms with Crippen molar-refractivity contribution < 1.29 is 4.79 Å². The molecule has 0 bridgehead atoms. The fourth-order valence-electron chi connectivity index (χ4n) is 2.02. The van der Waals surface area contributed by atoms with Gasteiger partial charge in [-0.05, 0) is 31.4 Å². The summed E-state index contributed by atoms with van der Waals surface area (Å²) in [5, 5.41) is 6.34. The lowest BCUT2D eigenvalue weighted by atomic mass is 10.0. The van der Waals surface area contributed by atoms with Crippen LogP contribution in [0, 0.1) is 12.8 Å². The van der Waals surface area contributed by atoms with Crippen LogP contribution < -0.4 is 10.6 Å². The molecule has 3 heteroatoms. The summed E-state index contributed by atoms with van der Waals surface area (Å²) in [7, 11) is 0. The third kappa shape index (κ3) is 2.18. The predicted octanol–water partition coefficient (Wildman–Crippen LogP) is 2.52. The quantitative estimate of drug-likeness (QED) is 0.801. The van der Waals surface area contributed by atoms with Crippen LogP contribution in [-0.4, -0.2) is 12.1 Å². The van der Waals surface area contributed by atoms with Crippen LogP contribution in [0.1, 0.15) is 36.2 Å². The lowest BCUT2D eigenvalue weighted by Gasteiger charge is -2.29. The molecule has 0 saturated carbocycles. The van der Waals surface area contributed by atoms with Crippen molar-refractivity contribution in [3.63, 3.8) is 0 Å². The molecule has 2 rings (SSSR count). The zero-order valence-corrected chi connectivity index (χ0v) is 10.0. The number of hydrogen-bond donors (Lipinski definition) is 2. The lowest BCUT2D eigenvalue weighted by molar-refractivity contribution is 0.0931. The first-order valence-electron chi connectivity index (χ1n) is 5.74. The third-order valence-electron chi connectivity index (χ3n) is 2.76. The maximum absolute atomic E-state index is 11.9. The number of anilines is 1. The number of rotatable bonds is 2. The first kappa shape index (κ1) is 11.0. The molecular weight excluding hydrogens is 200 g/mol. The van der Waals surface area contributed by atoms with E-state index in [1.807, 2.05) is 25.1 Å². The second kappa shape index (κ2) is 4.16. The Morgan fingerprint density at radius 3 is 2.75 bits per heavy atom. The maximum Gasteiger partial charge on any atom is 0.254 e. The molecule has 1 aliphatic heterocycles. The van der Waals surface area contributed by atoms with E-state index < -0.39 is 0 Å². The van der Waals surface area contributed by atoms with Gasteiger partial charge in [-0.1, -0.05) is 25.5 Å². The monoisotopic (exact) mass is 218 g/mol. The Balaban J connectivity index is 2.23. The highest BCUT2D eigenvalue weighted by Crippen LogP contribution is 2.23. The van der Waals surface area contributed by atoms with Gasteiger partial charge in [-0.3, -0.25) is 4.79 Å². The van der Waals surface area contributed by atoms with Gasteiger partial charge in [0.1, 0.15) is 0 Å². The SMILES string of the molecule is Cc1ccc2c(c1)C(=O)N[C@H](CC(C)C)N2. The molecule has 1 aromatic carbocycles. The van der Waals surface area contributed by atoms with Gasteiger partial charge < -0.3 is 10.6 Å². The average molecular weight is 218 g/mol. The van der Waals surface area contributed by atoms with Gasteiger partial charge in [0.05, 0.1) is 11.7 Å². The number of carbonyl (C=O) groups is 1. The third-order valence-corrected chi connectivity index (χ3v) is 2.76. The van der Waals surface area contributed by atoms with Gasteiger partial charge in [-0.25, -0.2) is 0 Å². The fourth-order valence-corrected chi connectivity index (χ4v) is 2.02. The van der Waals surface area contributed by atoms with Crippen LogP contribution in [-0.2, 0) is 0 Å². The highest BCUT2D eigenvalue weighted by Gasteiger charge is 2.23.